The zero-order chi connectivity index (χ0) is 9.14. The van der Waals surface area contributed by atoms with Gasteiger partial charge in [0, 0.05) is 18.8 Å². The van der Waals surface area contributed by atoms with Gasteiger partial charge in [0.15, 0.2) is 0 Å². The van der Waals surface area contributed by atoms with E-state index in [0.717, 1.165) is 5.56 Å². The van der Waals surface area contributed by atoms with Gasteiger partial charge in [-0.25, -0.2) is 4.98 Å². The lowest BCUT2D eigenvalue weighted by atomic mass is 10.2. The number of carbonyl (C=O) groups is 1. The van der Waals surface area contributed by atoms with Crippen molar-refractivity contribution in [2.45, 2.75) is 13.8 Å². The molecule has 0 bridgehead atoms. The number of nitrogens with one attached hydrogen (secondary N) is 1. The van der Waals surface area contributed by atoms with Crippen molar-refractivity contribution in [1.29, 1.82) is 0 Å². The molecular weight excluding hydrogens is 176 g/mol. The average molecular weight is 185 g/mol. The molecule has 1 aromatic rings. The smallest absolute Gasteiger partial charge is 0.221 e. The minimum Gasteiger partial charge on any atom is -0.326 e. The number of carbonyl (C=O) groups excluding carboxylic acids is 1. The maximum atomic E-state index is 10.7. The summed E-state index contributed by atoms with van der Waals surface area (Å²) in [6.07, 6.45) is 1.62. The number of amides is 1. The zero-order valence-corrected chi connectivity index (χ0v) is 7.64. The van der Waals surface area contributed by atoms with E-state index in [2.05, 4.69) is 10.3 Å². The van der Waals surface area contributed by atoms with Gasteiger partial charge in [-0.2, -0.15) is 0 Å². The molecule has 3 nitrogen and oxygen atoms in total. The van der Waals surface area contributed by atoms with Crippen molar-refractivity contribution in [2.75, 3.05) is 5.32 Å². The second-order valence-electron chi connectivity index (χ2n) is 2.50. The van der Waals surface area contributed by atoms with E-state index in [9.17, 15) is 4.79 Å². The second-order valence-corrected chi connectivity index (χ2v) is 2.89. The molecule has 0 radical (unpaired) electrons. The van der Waals surface area contributed by atoms with Crippen molar-refractivity contribution in [1.82, 2.24) is 4.98 Å². The van der Waals surface area contributed by atoms with Crippen LogP contribution in [-0.4, -0.2) is 10.9 Å². The summed E-state index contributed by atoms with van der Waals surface area (Å²) < 4.78 is 0. The van der Waals surface area contributed by atoms with E-state index in [1.54, 1.807) is 12.3 Å². The van der Waals surface area contributed by atoms with Gasteiger partial charge in [-0.05, 0) is 18.6 Å². The fourth-order valence-corrected chi connectivity index (χ4v) is 0.980. The molecule has 64 valence electrons. The summed E-state index contributed by atoms with van der Waals surface area (Å²) in [5.74, 6) is -0.111. The lowest BCUT2D eigenvalue weighted by Crippen LogP contribution is -2.07. The molecule has 0 aliphatic rings. The van der Waals surface area contributed by atoms with Crippen LogP contribution in [0.4, 0.5) is 5.69 Å². The topological polar surface area (TPSA) is 42.0 Å². The highest BCUT2D eigenvalue weighted by Crippen LogP contribution is 2.16. The lowest BCUT2D eigenvalue weighted by molar-refractivity contribution is -0.114. The van der Waals surface area contributed by atoms with Crippen LogP contribution in [0.5, 0.6) is 0 Å². The van der Waals surface area contributed by atoms with Crippen LogP contribution in [0.15, 0.2) is 12.3 Å². The number of halogens is 1. The van der Waals surface area contributed by atoms with Crippen molar-refractivity contribution < 1.29 is 4.79 Å². The molecular formula is C8H9ClN2O. The van der Waals surface area contributed by atoms with Gasteiger partial charge in [0.05, 0.1) is 0 Å². The predicted molar refractivity (Wildman–Crippen MR) is 48.3 cm³/mol. The summed E-state index contributed by atoms with van der Waals surface area (Å²) in [5.41, 5.74) is 1.61. The molecule has 1 rings (SSSR count). The van der Waals surface area contributed by atoms with Gasteiger partial charge in [0.25, 0.3) is 0 Å². The Hall–Kier alpha value is -1.09. The van der Waals surface area contributed by atoms with Gasteiger partial charge in [-0.3, -0.25) is 4.79 Å². The normalized spacial score (nSPS) is 9.58. The minimum atomic E-state index is -0.111. The van der Waals surface area contributed by atoms with Crippen LogP contribution in [0.25, 0.3) is 0 Å². The molecule has 1 amide bonds. The first kappa shape index (κ1) is 9.00. The summed E-state index contributed by atoms with van der Waals surface area (Å²) in [4.78, 5) is 14.6. The SMILES string of the molecule is CC(=O)Nc1cc(Cl)ncc1C. The predicted octanol–water partition coefficient (Wildman–Crippen LogP) is 2.00. The molecule has 1 heterocycles. The highest BCUT2D eigenvalue weighted by molar-refractivity contribution is 6.29. The minimum absolute atomic E-state index is 0.111. The van der Waals surface area contributed by atoms with Crippen LogP contribution < -0.4 is 5.32 Å². The number of aromatic nitrogens is 1. The van der Waals surface area contributed by atoms with Gasteiger partial charge >= 0.3 is 0 Å². The van der Waals surface area contributed by atoms with Crippen LogP contribution in [0.3, 0.4) is 0 Å². The van der Waals surface area contributed by atoms with E-state index >= 15 is 0 Å². The van der Waals surface area contributed by atoms with E-state index in [-0.39, 0.29) is 5.91 Å². The summed E-state index contributed by atoms with van der Waals surface area (Å²) in [5, 5.41) is 3.03. The quantitative estimate of drug-likeness (QED) is 0.679. The molecule has 12 heavy (non-hydrogen) atoms. The highest BCUT2D eigenvalue weighted by atomic mass is 35.5. The lowest BCUT2D eigenvalue weighted by Gasteiger charge is -2.04. The van der Waals surface area contributed by atoms with Crippen molar-refractivity contribution in [3.8, 4) is 0 Å². The fourth-order valence-electron chi connectivity index (χ4n) is 0.823. The molecule has 0 spiro atoms. The fraction of sp³-hybridized carbons (Fsp3) is 0.250. The molecule has 0 saturated heterocycles. The molecule has 0 aromatic carbocycles. The molecule has 0 fully saturated rings. The van der Waals surface area contributed by atoms with Crippen LogP contribution in [0, 0.1) is 6.92 Å². The van der Waals surface area contributed by atoms with Gasteiger partial charge in [0.2, 0.25) is 5.91 Å². The van der Waals surface area contributed by atoms with Crippen LogP contribution in [0.1, 0.15) is 12.5 Å². The Morgan fingerprint density at radius 3 is 2.92 bits per heavy atom. The summed E-state index contributed by atoms with van der Waals surface area (Å²) in [6, 6.07) is 1.62. The third-order valence-corrected chi connectivity index (χ3v) is 1.59. The average Bonchev–Trinajstić information content (AvgIpc) is 1.96. The maximum Gasteiger partial charge on any atom is 0.221 e. The van der Waals surface area contributed by atoms with Crippen LogP contribution >= 0.6 is 11.6 Å². The summed E-state index contributed by atoms with van der Waals surface area (Å²) in [6.45, 7) is 3.31. The third kappa shape index (κ3) is 2.20. The number of aryl methyl sites for hydroxylation is 1. The van der Waals surface area contributed by atoms with E-state index < -0.39 is 0 Å². The molecule has 0 aliphatic heterocycles. The summed E-state index contributed by atoms with van der Waals surface area (Å²) in [7, 11) is 0. The van der Waals surface area contributed by atoms with Crippen LogP contribution in [0.2, 0.25) is 5.15 Å². The molecule has 0 atom stereocenters. The first-order chi connectivity index (χ1) is 5.59. The Labute approximate surface area is 75.8 Å². The molecule has 1 N–H and O–H groups in total. The largest absolute Gasteiger partial charge is 0.326 e. The van der Waals surface area contributed by atoms with E-state index in [0.29, 0.717) is 10.8 Å². The molecule has 0 saturated carbocycles. The summed E-state index contributed by atoms with van der Waals surface area (Å²) >= 11 is 5.64. The monoisotopic (exact) mass is 184 g/mol. The molecule has 0 aliphatic carbocycles. The first-order valence-corrected chi connectivity index (χ1v) is 3.87. The molecule has 0 unspecified atom stereocenters. The number of pyridine rings is 1. The van der Waals surface area contributed by atoms with E-state index in [4.69, 9.17) is 11.6 Å². The molecule has 1 aromatic heterocycles. The number of nitrogens with zero attached hydrogens (tertiary/aromatic N) is 1. The standard InChI is InChI=1S/C8H9ClN2O/c1-5-4-10-8(9)3-7(5)11-6(2)12/h3-4H,1-2H3,(H,10,11,12). The Bertz CT molecular complexity index is 312. The number of anilines is 1. The van der Waals surface area contributed by atoms with Crippen molar-refractivity contribution >= 4 is 23.2 Å². The first-order valence-electron chi connectivity index (χ1n) is 3.49. The van der Waals surface area contributed by atoms with Crippen molar-refractivity contribution in [3.05, 3.63) is 23.0 Å². The molecule has 4 heteroatoms. The Morgan fingerprint density at radius 1 is 1.67 bits per heavy atom. The Balaban J connectivity index is 2.97. The van der Waals surface area contributed by atoms with Gasteiger partial charge in [-0.1, -0.05) is 11.6 Å². The van der Waals surface area contributed by atoms with Crippen molar-refractivity contribution in [3.63, 3.8) is 0 Å². The van der Waals surface area contributed by atoms with Gasteiger partial charge < -0.3 is 5.32 Å². The maximum absolute atomic E-state index is 10.7. The number of rotatable bonds is 1. The Morgan fingerprint density at radius 2 is 2.33 bits per heavy atom. The number of hydrogen-bond acceptors (Lipinski definition) is 2. The second kappa shape index (κ2) is 3.54. The van der Waals surface area contributed by atoms with Gasteiger partial charge in [-0.15, -0.1) is 0 Å². The highest BCUT2D eigenvalue weighted by Gasteiger charge is 2.00. The van der Waals surface area contributed by atoms with Gasteiger partial charge in [0.1, 0.15) is 5.15 Å². The number of hydrogen-bond donors (Lipinski definition) is 1. The Kier molecular flexibility index (Phi) is 2.65. The van der Waals surface area contributed by atoms with E-state index in [1.807, 2.05) is 6.92 Å². The van der Waals surface area contributed by atoms with Crippen molar-refractivity contribution in [2.24, 2.45) is 0 Å². The third-order valence-electron chi connectivity index (χ3n) is 1.38. The zero-order valence-electron chi connectivity index (χ0n) is 6.89. The van der Waals surface area contributed by atoms with E-state index in [1.165, 1.54) is 6.92 Å². The van der Waals surface area contributed by atoms with Crippen LogP contribution in [-0.2, 0) is 4.79 Å².